The number of hydrogen-bond acceptors (Lipinski definition) is 5. The van der Waals surface area contributed by atoms with E-state index in [4.69, 9.17) is 16.3 Å². The first-order valence-electron chi connectivity index (χ1n) is 10.6. The van der Waals surface area contributed by atoms with Gasteiger partial charge in [0.2, 0.25) is 10.0 Å². The van der Waals surface area contributed by atoms with Crippen molar-refractivity contribution in [3.63, 3.8) is 0 Å². The van der Waals surface area contributed by atoms with Crippen LogP contribution in [0.1, 0.15) is 29.8 Å². The molecule has 3 aromatic carbocycles. The lowest BCUT2D eigenvalue weighted by Gasteiger charge is -2.12. The molecule has 0 aliphatic heterocycles. The maximum atomic E-state index is 12.9. The molecule has 1 amide bonds. The highest BCUT2D eigenvalue weighted by Gasteiger charge is 2.17. The van der Waals surface area contributed by atoms with Gasteiger partial charge in [-0.25, -0.2) is 13.1 Å². The maximum Gasteiger partial charge on any atom is 0.262 e. The van der Waals surface area contributed by atoms with Crippen molar-refractivity contribution in [3.8, 4) is 5.75 Å². The first-order valence-corrected chi connectivity index (χ1v) is 12.4. The molecule has 7 nitrogen and oxygen atoms in total. The highest BCUT2D eigenvalue weighted by atomic mass is 35.5. The topological polar surface area (TPSA) is 102 Å². The molecule has 0 heterocycles. The number of carbonyl (C=O) groups excluding carboxylic acids is 2. The number of ether oxygens (including phenoxy) is 1. The summed E-state index contributed by atoms with van der Waals surface area (Å²) >= 11 is 6.07. The van der Waals surface area contributed by atoms with Crippen molar-refractivity contribution in [2.24, 2.45) is 5.92 Å². The van der Waals surface area contributed by atoms with Crippen LogP contribution in [0, 0.1) is 5.92 Å². The summed E-state index contributed by atoms with van der Waals surface area (Å²) in [6.45, 7) is 3.82. The van der Waals surface area contributed by atoms with Crippen molar-refractivity contribution in [3.05, 3.63) is 88.9 Å². The van der Waals surface area contributed by atoms with Gasteiger partial charge in [-0.2, -0.15) is 0 Å². The van der Waals surface area contributed by atoms with E-state index in [9.17, 15) is 18.0 Å². The smallest absolute Gasteiger partial charge is 0.262 e. The second-order valence-electron chi connectivity index (χ2n) is 7.94. The second-order valence-corrected chi connectivity index (χ2v) is 10.1. The first kappa shape index (κ1) is 25.4. The molecule has 0 fully saturated rings. The number of ketones is 1. The zero-order valence-electron chi connectivity index (χ0n) is 18.7. The number of carbonyl (C=O) groups is 2. The molecule has 0 aromatic heterocycles. The molecule has 0 atom stereocenters. The summed E-state index contributed by atoms with van der Waals surface area (Å²) in [5.41, 5.74) is 1.04. The Kier molecular flexibility index (Phi) is 8.44. The fraction of sp³-hybridized carbons (Fsp3) is 0.200. The number of rotatable bonds is 10. The van der Waals surface area contributed by atoms with Crippen LogP contribution in [0.3, 0.4) is 0 Å². The van der Waals surface area contributed by atoms with E-state index in [2.05, 4.69) is 10.0 Å². The Morgan fingerprint density at radius 1 is 0.971 bits per heavy atom. The fourth-order valence-corrected chi connectivity index (χ4v) is 4.35. The number of sulfonamides is 1. The molecule has 0 saturated carbocycles. The summed E-state index contributed by atoms with van der Waals surface area (Å²) in [6, 6.07) is 19.1. The van der Waals surface area contributed by atoms with E-state index in [-0.39, 0.29) is 28.8 Å². The Labute approximate surface area is 204 Å². The van der Waals surface area contributed by atoms with Gasteiger partial charge < -0.3 is 10.1 Å². The lowest BCUT2D eigenvalue weighted by Crippen LogP contribution is -2.27. The first-order chi connectivity index (χ1) is 16.2. The van der Waals surface area contributed by atoms with Crippen LogP contribution in [0.5, 0.6) is 5.75 Å². The van der Waals surface area contributed by atoms with Crippen molar-refractivity contribution in [1.82, 2.24) is 4.72 Å². The molecule has 0 spiro atoms. The minimum absolute atomic E-state index is 0.107. The predicted molar refractivity (Wildman–Crippen MR) is 132 cm³/mol. The van der Waals surface area contributed by atoms with Crippen LogP contribution in [0.4, 0.5) is 5.69 Å². The molecule has 3 rings (SSSR count). The SMILES string of the molecule is CC(C)CNS(=O)(=O)c1ccc(OCC(=O)Nc2ccc(Cl)cc2C(=O)c2ccccc2)cc1. The Balaban J connectivity index is 1.64. The van der Waals surface area contributed by atoms with Gasteiger partial charge in [0.05, 0.1) is 10.6 Å². The third-order valence-electron chi connectivity index (χ3n) is 4.72. The van der Waals surface area contributed by atoms with Crippen molar-refractivity contribution >= 4 is 39.0 Å². The van der Waals surface area contributed by atoms with Crippen LogP contribution in [0.15, 0.2) is 77.7 Å². The molecule has 0 unspecified atom stereocenters. The van der Waals surface area contributed by atoms with Crippen molar-refractivity contribution in [2.75, 3.05) is 18.5 Å². The third kappa shape index (κ3) is 6.90. The van der Waals surface area contributed by atoms with Gasteiger partial charge in [-0.1, -0.05) is 55.8 Å². The summed E-state index contributed by atoms with van der Waals surface area (Å²) in [5.74, 6) is -0.253. The zero-order chi connectivity index (χ0) is 24.7. The van der Waals surface area contributed by atoms with Crippen LogP contribution in [-0.2, 0) is 14.8 Å². The van der Waals surface area contributed by atoms with Gasteiger partial charge in [0.1, 0.15) is 5.75 Å². The second kappa shape index (κ2) is 11.3. The van der Waals surface area contributed by atoms with E-state index < -0.39 is 15.9 Å². The van der Waals surface area contributed by atoms with Gasteiger partial charge in [0.15, 0.2) is 12.4 Å². The molecular weight excluding hydrogens is 476 g/mol. The van der Waals surface area contributed by atoms with Gasteiger partial charge in [-0.15, -0.1) is 0 Å². The lowest BCUT2D eigenvalue weighted by atomic mass is 10.0. The number of halogens is 1. The number of nitrogens with one attached hydrogen (secondary N) is 2. The van der Waals surface area contributed by atoms with Crippen molar-refractivity contribution in [1.29, 1.82) is 0 Å². The Hall–Kier alpha value is -3.20. The van der Waals surface area contributed by atoms with Crippen LogP contribution in [-0.4, -0.2) is 33.3 Å². The Morgan fingerprint density at radius 2 is 1.65 bits per heavy atom. The minimum Gasteiger partial charge on any atom is -0.484 e. The van der Waals surface area contributed by atoms with E-state index in [1.807, 2.05) is 13.8 Å². The maximum absolute atomic E-state index is 12.9. The number of benzene rings is 3. The summed E-state index contributed by atoms with van der Waals surface area (Å²) in [6.07, 6.45) is 0. The van der Waals surface area contributed by atoms with Crippen molar-refractivity contribution in [2.45, 2.75) is 18.7 Å². The van der Waals surface area contributed by atoms with Gasteiger partial charge in [0, 0.05) is 22.7 Å². The highest BCUT2D eigenvalue weighted by Crippen LogP contribution is 2.24. The van der Waals surface area contributed by atoms with E-state index in [1.165, 1.54) is 30.3 Å². The zero-order valence-corrected chi connectivity index (χ0v) is 20.3. The Morgan fingerprint density at radius 3 is 2.29 bits per heavy atom. The molecule has 0 radical (unpaired) electrons. The average molecular weight is 501 g/mol. The lowest BCUT2D eigenvalue weighted by molar-refractivity contribution is -0.118. The fourth-order valence-electron chi connectivity index (χ4n) is 2.97. The number of anilines is 1. The average Bonchev–Trinajstić information content (AvgIpc) is 2.83. The molecule has 0 saturated heterocycles. The quantitative estimate of drug-likeness (QED) is 0.398. The highest BCUT2D eigenvalue weighted by molar-refractivity contribution is 7.89. The molecule has 2 N–H and O–H groups in total. The molecule has 0 aliphatic carbocycles. The number of amides is 1. The van der Waals surface area contributed by atoms with E-state index in [0.29, 0.717) is 28.6 Å². The summed E-state index contributed by atoms with van der Waals surface area (Å²) in [5, 5.41) is 3.04. The van der Waals surface area contributed by atoms with Crippen LogP contribution in [0.25, 0.3) is 0 Å². The standard InChI is InChI=1S/C25H25ClN2O5S/c1-17(2)15-27-34(31,32)21-11-9-20(10-12-21)33-16-24(29)28-23-13-8-19(26)14-22(23)25(30)18-6-4-3-5-7-18/h3-14,17,27H,15-16H2,1-2H3,(H,28,29). The normalized spacial score (nSPS) is 11.3. The summed E-state index contributed by atoms with van der Waals surface area (Å²) in [4.78, 5) is 25.5. The van der Waals surface area contributed by atoms with Crippen LogP contribution >= 0.6 is 11.6 Å². The molecule has 0 aliphatic rings. The van der Waals surface area contributed by atoms with Gasteiger partial charge >= 0.3 is 0 Å². The van der Waals surface area contributed by atoms with Gasteiger partial charge in [0.25, 0.3) is 5.91 Å². The summed E-state index contributed by atoms with van der Waals surface area (Å²) < 4.78 is 32.6. The van der Waals surface area contributed by atoms with Gasteiger partial charge in [-0.3, -0.25) is 9.59 Å². The van der Waals surface area contributed by atoms with Gasteiger partial charge in [-0.05, 0) is 48.4 Å². The van der Waals surface area contributed by atoms with E-state index in [0.717, 1.165) is 0 Å². The molecule has 34 heavy (non-hydrogen) atoms. The molecule has 9 heteroatoms. The van der Waals surface area contributed by atoms with Crippen molar-refractivity contribution < 1.29 is 22.7 Å². The van der Waals surface area contributed by atoms with Crippen LogP contribution < -0.4 is 14.8 Å². The molecular formula is C25H25ClN2O5S. The monoisotopic (exact) mass is 500 g/mol. The minimum atomic E-state index is -3.61. The Bertz CT molecular complexity index is 1260. The predicted octanol–water partition coefficient (Wildman–Crippen LogP) is 4.52. The van der Waals surface area contributed by atoms with E-state index >= 15 is 0 Å². The van der Waals surface area contributed by atoms with Crippen LogP contribution in [0.2, 0.25) is 5.02 Å². The largest absolute Gasteiger partial charge is 0.484 e. The third-order valence-corrected chi connectivity index (χ3v) is 6.40. The van der Waals surface area contributed by atoms with E-state index in [1.54, 1.807) is 42.5 Å². The molecule has 0 bridgehead atoms. The molecule has 3 aromatic rings. The number of hydrogen-bond donors (Lipinski definition) is 2. The molecule has 178 valence electrons. The summed E-state index contributed by atoms with van der Waals surface area (Å²) in [7, 11) is -3.61.